The van der Waals surface area contributed by atoms with Crippen LogP contribution in [0, 0.1) is 6.92 Å². The van der Waals surface area contributed by atoms with Crippen LogP contribution in [-0.2, 0) is 5.41 Å². The van der Waals surface area contributed by atoms with Crippen LogP contribution in [-0.4, -0.2) is 0 Å². The van der Waals surface area contributed by atoms with E-state index >= 15 is 0 Å². The quantitative estimate of drug-likeness (QED) is 0.278. The third-order valence-electron chi connectivity index (χ3n) is 6.89. The topological polar surface area (TPSA) is 0 Å². The van der Waals surface area contributed by atoms with Crippen molar-refractivity contribution in [2.24, 2.45) is 0 Å². The molecule has 0 bridgehead atoms. The van der Waals surface area contributed by atoms with Gasteiger partial charge in [0.2, 0.25) is 0 Å². The van der Waals surface area contributed by atoms with Crippen LogP contribution in [0.2, 0.25) is 0 Å². The molecule has 0 radical (unpaired) electrons. The lowest BCUT2D eigenvalue weighted by Crippen LogP contribution is -2.28. The first-order valence-electron chi connectivity index (χ1n) is 11.2. The van der Waals surface area contributed by atoms with Gasteiger partial charge in [-0.25, -0.2) is 0 Å². The van der Waals surface area contributed by atoms with Crippen LogP contribution in [0.15, 0.2) is 127 Å². The van der Waals surface area contributed by atoms with Gasteiger partial charge >= 0.3 is 0 Å². The molecule has 0 saturated heterocycles. The highest BCUT2D eigenvalue weighted by Gasteiger charge is 2.46. The van der Waals surface area contributed by atoms with Gasteiger partial charge in [0.15, 0.2) is 0 Å². The Morgan fingerprint density at radius 2 is 1.06 bits per heavy atom. The molecule has 6 rings (SSSR count). The van der Waals surface area contributed by atoms with Crippen LogP contribution in [0.3, 0.4) is 0 Å². The van der Waals surface area contributed by atoms with Gasteiger partial charge in [0.1, 0.15) is 0 Å². The zero-order chi connectivity index (χ0) is 21.5. The lowest BCUT2D eigenvalue weighted by atomic mass is 9.67. The van der Waals surface area contributed by atoms with Crippen LogP contribution in [0.25, 0.3) is 22.3 Å². The van der Waals surface area contributed by atoms with E-state index in [1.807, 2.05) is 0 Å². The van der Waals surface area contributed by atoms with Crippen molar-refractivity contribution in [2.45, 2.75) is 12.3 Å². The monoisotopic (exact) mass is 408 g/mol. The first-order chi connectivity index (χ1) is 15.8. The molecule has 0 heterocycles. The van der Waals surface area contributed by atoms with Gasteiger partial charge in [-0.1, -0.05) is 121 Å². The zero-order valence-corrected chi connectivity index (χ0v) is 18.1. The molecule has 5 aromatic carbocycles. The average molecular weight is 409 g/mol. The fraction of sp³-hybridized carbons (Fsp3) is 0.0625. The van der Waals surface area contributed by atoms with E-state index in [1.54, 1.807) is 0 Å². The second kappa shape index (κ2) is 7.35. The fourth-order valence-electron chi connectivity index (χ4n) is 5.53. The third-order valence-corrected chi connectivity index (χ3v) is 6.89. The number of hydrogen-bond donors (Lipinski definition) is 0. The largest absolute Gasteiger partial charge is 0.0713 e. The maximum absolute atomic E-state index is 2.42. The van der Waals surface area contributed by atoms with Crippen molar-refractivity contribution in [3.63, 3.8) is 0 Å². The fourth-order valence-corrected chi connectivity index (χ4v) is 5.53. The third kappa shape index (κ3) is 2.63. The molecule has 0 nitrogen and oxygen atoms in total. The Bertz CT molecular complexity index is 1360. The van der Waals surface area contributed by atoms with Gasteiger partial charge in [0, 0.05) is 0 Å². The van der Waals surface area contributed by atoms with Crippen LogP contribution in [0.5, 0.6) is 0 Å². The standard InChI is InChI=1S/C32H24/c1-23-12-11-19-29-31(23)28-21-20-25(24-13-5-2-6-14-24)22-30(28)32(29,26-15-7-3-8-16-26)27-17-9-4-10-18-27/h2-22H,1H3. The molecule has 0 fully saturated rings. The summed E-state index contributed by atoms with van der Waals surface area (Å²) < 4.78 is 0. The van der Waals surface area contributed by atoms with Crippen molar-refractivity contribution >= 4 is 0 Å². The highest BCUT2D eigenvalue weighted by Crippen LogP contribution is 2.57. The summed E-state index contributed by atoms with van der Waals surface area (Å²) in [4.78, 5) is 0. The number of aryl methyl sites for hydroxylation is 1. The van der Waals surface area contributed by atoms with E-state index in [0.29, 0.717) is 0 Å². The van der Waals surface area contributed by atoms with E-state index in [4.69, 9.17) is 0 Å². The Morgan fingerprint density at radius 1 is 0.469 bits per heavy atom. The molecule has 0 aliphatic heterocycles. The Morgan fingerprint density at radius 3 is 1.69 bits per heavy atom. The predicted molar refractivity (Wildman–Crippen MR) is 134 cm³/mol. The minimum Gasteiger partial charge on any atom is -0.0622 e. The summed E-state index contributed by atoms with van der Waals surface area (Å²) in [7, 11) is 0. The second-order valence-corrected chi connectivity index (χ2v) is 8.61. The summed E-state index contributed by atoms with van der Waals surface area (Å²) in [6.07, 6.45) is 0. The summed E-state index contributed by atoms with van der Waals surface area (Å²) >= 11 is 0. The molecule has 1 aliphatic rings. The number of benzene rings is 5. The van der Waals surface area contributed by atoms with Gasteiger partial charge in [-0.2, -0.15) is 0 Å². The molecule has 5 aromatic rings. The molecule has 152 valence electrons. The minimum absolute atomic E-state index is 0.343. The first kappa shape index (κ1) is 18.8. The van der Waals surface area contributed by atoms with E-state index in [-0.39, 0.29) is 5.41 Å². The Labute approximate surface area is 189 Å². The number of hydrogen-bond acceptors (Lipinski definition) is 0. The van der Waals surface area contributed by atoms with Crippen molar-refractivity contribution in [3.8, 4) is 22.3 Å². The smallest absolute Gasteiger partial charge is 0.0622 e. The molecular formula is C32H24. The molecule has 0 N–H and O–H groups in total. The van der Waals surface area contributed by atoms with E-state index in [9.17, 15) is 0 Å². The predicted octanol–water partition coefficient (Wildman–Crippen LogP) is 8.03. The van der Waals surface area contributed by atoms with Crippen molar-refractivity contribution in [1.29, 1.82) is 0 Å². The summed E-state index contributed by atoms with van der Waals surface area (Å²) in [6, 6.07) is 46.5. The van der Waals surface area contributed by atoms with Crippen LogP contribution in [0.4, 0.5) is 0 Å². The summed E-state index contributed by atoms with van der Waals surface area (Å²) in [5, 5.41) is 0. The molecule has 0 aromatic heterocycles. The molecule has 1 aliphatic carbocycles. The highest BCUT2D eigenvalue weighted by atomic mass is 14.5. The van der Waals surface area contributed by atoms with Crippen molar-refractivity contribution in [3.05, 3.63) is 155 Å². The maximum Gasteiger partial charge on any atom is 0.0713 e. The van der Waals surface area contributed by atoms with Gasteiger partial charge in [-0.05, 0) is 63.1 Å². The maximum atomic E-state index is 2.42. The zero-order valence-electron chi connectivity index (χ0n) is 18.1. The van der Waals surface area contributed by atoms with Crippen LogP contribution < -0.4 is 0 Å². The molecule has 0 spiro atoms. The second-order valence-electron chi connectivity index (χ2n) is 8.61. The average Bonchev–Trinajstić information content (AvgIpc) is 3.17. The number of rotatable bonds is 3. The normalized spacial score (nSPS) is 13.4. The summed E-state index contributed by atoms with van der Waals surface area (Å²) in [5.74, 6) is 0. The molecule has 0 saturated carbocycles. The van der Waals surface area contributed by atoms with Gasteiger partial charge in [-0.15, -0.1) is 0 Å². The molecule has 0 heteroatoms. The SMILES string of the molecule is Cc1cccc2c1-c1ccc(-c3ccccc3)cc1C2(c1ccccc1)c1ccccc1. The Kier molecular flexibility index (Phi) is 4.33. The Balaban J connectivity index is 1.77. The first-order valence-corrected chi connectivity index (χ1v) is 11.2. The molecular weight excluding hydrogens is 384 g/mol. The lowest BCUT2D eigenvalue weighted by Gasteiger charge is -2.34. The number of fused-ring (bicyclic) bond motifs is 3. The van der Waals surface area contributed by atoms with E-state index in [2.05, 4.69) is 134 Å². The van der Waals surface area contributed by atoms with Crippen molar-refractivity contribution in [2.75, 3.05) is 0 Å². The van der Waals surface area contributed by atoms with Crippen LogP contribution in [0.1, 0.15) is 27.8 Å². The van der Waals surface area contributed by atoms with Crippen molar-refractivity contribution < 1.29 is 0 Å². The van der Waals surface area contributed by atoms with Crippen molar-refractivity contribution in [1.82, 2.24) is 0 Å². The van der Waals surface area contributed by atoms with Gasteiger partial charge in [0.25, 0.3) is 0 Å². The van der Waals surface area contributed by atoms with E-state index in [1.165, 1.54) is 50.1 Å². The van der Waals surface area contributed by atoms with Gasteiger partial charge in [0.05, 0.1) is 5.41 Å². The highest BCUT2D eigenvalue weighted by molar-refractivity contribution is 5.89. The summed E-state index contributed by atoms with van der Waals surface area (Å²) in [6.45, 7) is 2.24. The molecule has 0 atom stereocenters. The molecule has 0 unspecified atom stereocenters. The van der Waals surface area contributed by atoms with E-state index in [0.717, 1.165) is 0 Å². The Hall–Kier alpha value is -3.90. The van der Waals surface area contributed by atoms with Gasteiger partial charge < -0.3 is 0 Å². The van der Waals surface area contributed by atoms with Crippen LogP contribution >= 0.6 is 0 Å². The van der Waals surface area contributed by atoms with E-state index < -0.39 is 0 Å². The minimum atomic E-state index is -0.343. The lowest BCUT2D eigenvalue weighted by molar-refractivity contribution is 0.768. The molecule has 32 heavy (non-hydrogen) atoms. The molecule has 0 amide bonds. The summed E-state index contributed by atoms with van der Waals surface area (Å²) in [5.41, 5.74) is 11.5. The van der Waals surface area contributed by atoms with Gasteiger partial charge in [-0.3, -0.25) is 0 Å².